The predicted octanol–water partition coefficient (Wildman–Crippen LogP) is 4.51. The number of hydrogen-bond donors (Lipinski definition) is 3. The van der Waals surface area contributed by atoms with Crippen LogP contribution in [0.2, 0.25) is 0 Å². The molecule has 1 aliphatic heterocycles. The van der Waals surface area contributed by atoms with E-state index in [2.05, 4.69) is 21.7 Å². The Morgan fingerprint density at radius 3 is 2.77 bits per heavy atom. The number of benzene rings is 2. The van der Waals surface area contributed by atoms with Crippen molar-refractivity contribution in [3.8, 4) is 11.5 Å². The van der Waals surface area contributed by atoms with Crippen molar-refractivity contribution in [3.63, 3.8) is 0 Å². The molecule has 0 aliphatic carbocycles. The average molecular weight is 405 g/mol. The van der Waals surface area contributed by atoms with Crippen LogP contribution in [0.25, 0.3) is 0 Å². The summed E-state index contributed by atoms with van der Waals surface area (Å²) in [4.78, 5) is 15.4. The number of ether oxygens (including phenoxy) is 2. The molecule has 3 N–H and O–H groups in total. The Morgan fingerprint density at radius 2 is 2.00 bits per heavy atom. The minimum Gasteiger partial charge on any atom is -0.497 e. The summed E-state index contributed by atoms with van der Waals surface area (Å²) in [5, 5.41) is 16.0. The van der Waals surface area contributed by atoms with E-state index in [4.69, 9.17) is 9.47 Å². The van der Waals surface area contributed by atoms with Gasteiger partial charge < -0.3 is 25.2 Å². The van der Waals surface area contributed by atoms with E-state index in [0.717, 1.165) is 34.9 Å². The van der Waals surface area contributed by atoms with E-state index in [-0.39, 0.29) is 11.5 Å². The molecular formula is C23H23N3O4. The fourth-order valence-electron chi connectivity index (χ4n) is 3.55. The number of rotatable bonds is 7. The summed E-state index contributed by atoms with van der Waals surface area (Å²) in [5.41, 5.74) is 3.75. The Hall–Kier alpha value is -3.74. The van der Waals surface area contributed by atoms with E-state index in [9.17, 15) is 9.90 Å². The van der Waals surface area contributed by atoms with Crippen LogP contribution in [0.3, 0.4) is 0 Å². The molecule has 0 bridgehead atoms. The van der Waals surface area contributed by atoms with Gasteiger partial charge in [-0.05, 0) is 48.4 Å². The molecule has 1 atom stereocenters. The van der Waals surface area contributed by atoms with Crippen LogP contribution >= 0.6 is 0 Å². The zero-order valence-corrected chi connectivity index (χ0v) is 16.6. The first-order chi connectivity index (χ1) is 14.6. The van der Waals surface area contributed by atoms with E-state index >= 15 is 0 Å². The Balaban J connectivity index is 1.47. The highest BCUT2D eigenvalue weighted by molar-refractivity contribution is 5.93. The quantitative estimate of drug-likeness (QED) is 0.532. The summed E-state index contributed by atoms with van der Waals surface area (Å²) >= 11 is 0. The number of nitrogens with one attached hydrogen (secondary N) is 2. The molecule has 154 valence electrons. The van der Waals surface area contributed by atoms with E-state index in [1.807, 2.05) is 36.4 Å². The van der Waals surface area contributed by atoms with Gasteiger partial charge in [-0.1, -0.05) is 6.07 Å². The van der Waals surface area contributed by atoms with Crippen LogP contribution < -0.4 is 20.1 Å². The second kappa shape index (κ2) is 8.73. The van der Waals surface area contributed by atoms with Crippen molar-refractivity contribution in [2.24, 2.45) is 0 Å². The molecule has 2 aromatic carbocycles. The van der Waals surface area contributed by atoms with Crippen LogP contribution in [0.15, 0.2) is 60.9 Å². The number of carbonyl (C=O) groups is 1. The van der Waals surface area contributed by atoms with Crippen molar-refractivity contribution in [1.82, 2.24) is 4.98 Å². The molecule has 1 aliphatic rings. The van der Waals surface area contributed by atoms with Crippen LogP contribution in [0, 0.1) is 0 Å². The van der Waals surface area contributed by atoms with E-state index < -0.39 is 5.97 Å². The maximum absolute atomic E-state index is 11.4. The standard InChI is InChI=1S/C23H23N3O4/c1-29-18-5-2-16(3-6-18)26-17-4-7-19-15(9-11-30-22(19)12-17)13-25-21-14-24-10-8-20(21)23(27)28/h2-8,10,12,14-15,25-26H,9,11,13H2,1H3,(H,27,28)/t15-/m0/s1. The lowest BCUT2D eigenvalue weighted by atomic mass is 9.92. The van der Waals surface area contributed by atoms with Crippen molar-refractivity contribution in [3.05, 3.63) is 72.1 Å². The smallest absolute Gasteiger partial charge is 0.337 e. The van der Waals surface area contributed by atoms with Crippen molar-refractivity contribution < 1.29 is 19.4 Å². The first-order valence-electron chi connectivity index (χ1n) is 9.73. The number of aromatic carboxylic acids is 1. The molecule has 4 rings (SSSR count). The molecule has 0 saturated carbocycles. The van der Waals surface area contributed by atoms with Crippen molar-refractivity contribution >= 4 is 23.0 Å². The monoisotopic (exact) mass is 405 g/mol. The number of methoxy groups -OCH3 is 1. The zero-order valence-electron chi connectivity index (χ0n) is 16.6. The molecule has 3 aromatic rings. The third-order valence-corrected chi connectivity index (χ3v) is 5.15. The van der Waals surface area contributed by atoms with Crippen LogP contribution in [0.4, 0.5) is 17.1 Å². The number of nitrogens with zero attached hydrogens (tertiary/aromatic N) is 1. The third-order valence-electron chi connectivity index (χ3n) is 5.15. The predicted molar refractivity (Wildman–Crippen MR) is 115 cm³/mol. The summed E-state index contributed by atoms with van der Waals surface area (Å²) in [6.45, 7) is 1.22. The lowest BCUT2D eigenvalue weighted by Gasteiger charge is -2.27. The number of carboxylic acids is 1. The summed E-state index contributed by atoms with van der Waals surface area (Å²) in [6, 6.07) is 15.3. The number of anilines is 3. The fourth-order valence-corrected chi connectivity index (χ4v) is 3.55. The Morgan fingerprint density at radius 1 is 1.20 bits per heavy atom. The molecule has 0 unspecified atom stereocenters. The van der Waals surface area contributed by atoms with Gasteiger partial charge in [0.25, 0.3) is 0 Å². The zero-order chi connectivity index (χ0) is 20.9. The minimum atomic E-state index is -0.971. The second-order valence-electron chi connectivity index (χ2n) is 7.05. The van der Waals surface area contributed by atoms with Crippen LogP contribution in [0.5, 0.6) is 11.5 Å². The molecule has 7 nitrogen and oxygen atoms in total. The SMILES string of the molecule is COc1ccc(Nc2ccc3c(c2)OCC[C@H]3CNc2cnccc2C(=O)O)cc1. The number of fused-ring (bicyclic) bond motifs is 1. The van der Waals surface area contributed by atoms with Crippen molar-refractivity contribution in [1.29, 1.82) is 0 Å². The van der Waals surface area contributed by atoms with E-state index in [1.165, 1.54) is 12.3 Å². The first-order valence-corrected chi connectivity index (χ1v) is 9.73. The molecule has 0 radical (unpaired) electrons. The maximum Gasteiger partial charge on any atom is 0.337 e. The molecular weight excluding hydrogens is 382 g/mol. The average Bonchev–Trinajstić information content (AvgIpc) is 2.78. The van der Waals surface area contributed by atoms with Gasteiger partial charge in [-0.2, -0.15) is 0 Å². The summed E-state index contributed by atoms with van der Waals surface area (Å²) in [5.74, 6) is 0.896. The number of hydrogen-bond acceptors (Lipinski definition) is 6. The van der Waals surface area contributed by atoms with Crippen molar-refractivity contribution in [2.75, 3.05) is 30.9 Å². The molecule has 2 heterocycles. The van der Waals surface area contributed by atoms with Gasteiger partial charge in [0, 0.05) is 36.1 Å². The largest absolute Gasteiger partial charge is 0.497 e. The van der Waals surface area contributed by atoms with Crippen LogP contribution in [-0.4, -0.2) is 36.3 Å². The lowest BCUT2D eigenvalue weighted by molar-refractivity contribution is 0.0697. The third kappa shape index (κ3) is 4.30. The second-order valence-corrected chi connectivity index (χ2v) is 7.05. The normalized spacial score (nSPS) is 14.9. The van der Waals surface area contributed by atoms with Gasteiger partial charge in [0.2, 0.25) is 0 Å². The van der Waals surface area contributed by atoms with Gasteiger partial charge >= 0.3 is 5.97 Å². The Labute approximate surface area is 174 Å². The Bertz CT molecular complexity index is 1040. The summed E-state index contributed by atoms with van der Waals surface area (Å²) in [6.07, 6.45) is 3.88. The van der Waals surface area contributed by atoms with Crippen LogP contribution in [0.1, 0.15) is 28.3 Å². The maximum atomic E-state index is 11.4. The van der Waals surface area contributed by atoms with Gasteiger partial charge in [0.15, 0.2) is 0 Å². The fraction of sp³-hybridized carbons (Fsp3) is 0.217. The van der Waals surface area contributed by atoms with Crippen molar-refractivity contribution in [2.45, 2.75) is 12.3 Å². The highest BCUT2D eigenvalue weighted by atomic mass is 16.5. The van der Waals surface area contributed by atoms with Gasteiger partial charge in [-0.3, -0.25) is 4.98 Å². The number of carboxylic acid groups (broad SMARTS) is 1. The lowest BCUT2D eigenvalue weighted by Crippen LogP contribution is -2.21. The highest BCUT2D eigenvalue weighted by Gasteiger charge is 2.22. The number of aromatic nitrogens is 1. The summed E-state index contributed by atoms with van der Waals surface area (Å²) < 4.78 is 11.1. The molecule has 0 saturated heterocycles. The topological polar surface area (TPSA) is 92.7 Å². The van der Waals surface area contributed by atoms with Gasteiger partial charge in [0.05, 0.1) is 31.2 Å². The first kappa shape index (κ1) is 19.6. The van der Waals surface area contributed by atoms with E-state index in [0.29, 0.717) is 18.8 Å². The Kier molecular flexibility index (Phi) is 5.70. The van der Waals surface area contributed by atoms with Gasteiger partial charge in [-0.25, -0.2) is 4.79 Å². The minimum absolute atomic E-state index is 0.214. The molecule has 0 spiro atoms. The number of pyridine rings is 1. The molecule has 30 heavy (non-hydrogen) atoms. The molecule has 7 heteroatoms. The molecule has 0 fully saturated rings. The van der Waals surface area contributed by atoms with Crippen LogP contribution in [-0.2, 0) is 0 Å². The van der Waals surface area contributed by atoms with Gasteiger partial charge in [0.1, 0.15) is 11.5 Å². The molecule has 1 aromatic heterocycles. The van der Waals surface area contributed by atoms with E-state index in [1.54, 1.807) is 13.3 Å². The molecule has 0 amide bonds. The highest BCUT2D eigenvalue weighted by Crippen LogP contribution is 2.36. The van der Waals surface area contributed by atoms with Gasteiger partial charge in [-0.15, -0.1) is 0 Å². The summed E-state index contributed by atoms with van der Waals surface area (Å²) in [7, 11) is 1.64.